The van der Waals surface area contributed by atoms with Crippen molar-refractivity contribution in [3.05, 3.63) is 35.2 Å². The molecule has 1 atom stereocenters. The molecule has 1 aromatic carbocycles. The van der Waals surface area contributed by atoms with E-state index in [1.165, 1.54) is 0 Å². The van der Waals surface area contributed by atoms with Gasteiger partial charge in [-0.15, -0.1) is 0 Å². The number of nitrogens with zero attached hydrogens (tertiary/aromatic N) is 2. The minimum Gasteiger partial charge on any atom is -0.337 e. The molecular weight excluding hydrogens is 292 g/mol. The molecule has 0 aliphatic rings. The Morgan fingerprint density at radius 3 is 3.00 bits per heavy atom. The Morgan fingerprint density at radius 2 is 2.29 bits per heavy atom. The molecule has 0 radical (unpaired) electrons. The zero-order valence-corrected chi connectivity index (χ0v) is 12.6. The molecule has 21 heavy (non-hydrogen) atoms. The number of amides is 2. The first-order valence-corrected chi connectivity index (χ1v) is 7.09. The number of urea groups is 1. The normalized spacial score (nSPS) is 12.0. The zero-order chi connectivity index (χ0) is 15.2. The van der Waals surface area contributed by atoms with Gasteiger partial charge >= 0.3 is 6.03 Å². The first-order chi connectivity index (χ1) is 10.1. The molecule has 1 unspecified atom stereocenters. The standard InChI is InChI=1S/C14H17ClN4O2/c1-3-9(2)17-14(20)16-8-12-18-13(19-21-12)10-5-4-6-11(15)7-10/h4-7,9H,3,8H2,1-2H3,(H2,16,17,20). The van der Waals surface area contributed by atoms with Crippen molar-refractivity contribution in [2.45, 2.75) is 32.9 Å². The highest BCUT2D eigenvalue weighted by Gasteiger charge is 2.10. The molecule has 2 amide bonds. The van der Waals surface area contributed by atoms with Crippen LogP contribution in [0.4, 0.5) is 4.79 Å². The molecular formula is C14H17ClN4O2. The van der Waals surface area contributed by atoms with E-state index < -0.39 is 0 Å². The van der Waals surface area contributed by atoms with Crippen LogP contribution in [-0.4, -0.2) is 22.2 Å². The molecule has 6 nitrogen and oxygen atoms in total. The fourth-order valence-corrected chi connectivity index (χ4v) is 1.79. The van der Waals surface area contributed by atoms with Crippen molar-refractivity contribution >= 4 is 17.6 Å². The molecule has 2 N–H and O–H groups in total. The average Bonchev–Trinajstić information content (AvgIpc) is 2.94. The van der Waals surface area contributed by atoms with Gasteiger partial charge in [-0.2, -0.15) is 4.98 Å². The van der Waals surface area contributed by atoms with Crippen LogP contribution in [-0.2, 0) is 6.54 Å². The number of nitrogens with one attached hydrogen (secondary N) is 2. The number of carbonyl (C=O) groups is 1. The molecule has 0 saturated heterocycles. The number of hydrogen-bond acceptors (Lipinski definition) is 4. The van der Waals surface area contributed by atoms with Crippen LogP contribution in [0.2, 0.25) is 5.02 Å². The minimum absolute atomic E-state index is 0.120. The lowest BCUT2D eigenvalue weighted by Crippen LogP contribution is -2.40. The summed E-state index contributed by atoms with van der Waals surface area (Å²) < 4.78 is 5.09. The lowest BCUT2D eigenvalue weighted by Gasteiger charge is -2.11. The van der Waals surface area contributed by atoms with Gasteiger partial charge in [-0.05, 0) is 25.5 Å². The summed E-state index contributed by atoms with van der Waals surface area (Å²) in [6.07, 6.45) is 0.868. The molecule has 0 fully saturated rings. The summed E-state index contributed by atoms with van der Waals surface area (Å²) in [5.74, 6) is 0.779. The van der Waals surface area contributed by atoms with E-state index in [1.54, 1.807) is 12.1 Å². The Morgan fingerprint density at radius 1 is 1.48 bits per heavy atom. The second-order valence-corrected chi connectivity index (χ2v) is 5.09. The summed E-state index contributed by atoms with van der Waals surface area (Å²) in [6.45, 7) is 4.11. The third-order valence-electron chi connectivity index (χ3n) is 2.94. The molecule has 7 heteroatoms. The Hall–Kier alpha value is -2.08. The molecule has 1 heterocycles. The monoisotopic (exact) mass is 308 g/mol. The van der Waals surface area contributed by atoms with Crippen LogP contribution in [0.25, 0.3) is 11.4 Å². The third kappa shape index (κ3) is 4.46. The average molecular weight is 309 g/mol. The number of hydrogen-bond donors (Lipinski definition) is 2. The van der Waals surface area contributed by atoms with Crippen LogP contribution < -0.4 is 10.6 Å². The van der Waals surface area contributed by atoms with Crippen molar-refractivity contribution < 1.29 is 9.32 Å². The number of halogens is 1. The summed E-state index contributed by atoms with van der Waals surface area (Å²) in [5, 5.41) is 9.92. The maximum atomic E-state index is 11.6. The molecule has 0 aliphatic carbocycles. The van der Waals surface area contributed by atoms with Crippen molar-refractivity contribution in [1.82, 2.24) is 20.8 Å². The largest absolute Gasteiger partial charge is 0.337 e. The van der Waals surface area contributed by atoms with E-state index in [1.807, 2.05) is 26.0 Å². The molecule has 2 rings (SSSR count). The van der Waals surface area contributed by atoms with E-state index >= 15 is 0 Å². The lowest BCUT2D eigenvalue weighted by atomic mass is 10.2. The molecule has 0 spiro atoms. The van der Waals surface area contributed by atoms with Gasteiger partial charge in [0, 0.05) is 16.6 Å². The second-order valence-electron chi connectivity index (χ2n) is 4.66. The smallest absolute Gasteiger partial charge is 0.315 e. The minimum atomic E-state index is -0.258. The number of rotatable bonds is 5. The van der Waals surface area contributed by atoms with Gasteiger partial charge in [0.1, 0.15) is 0 Å². The van der Waals surface area contributed by atoms with Crippen molar-refractivity contribution in [2.24, 2.45) is 0 Å². The van der Waals surface area contributed by atoms with Crippen LogP contribution in [0, 0.1) is 0 Å². The van der Waals surface area contributed by atoms with Gasteiger partial charge in [0.05, 0.1) is 6.54 Å². The van der Waals surface area contributed by atoms with E-state index in [0.29, 0.717) is 16.7 Å². The van der Waals surface area contributed by atoms with Crippen molar-refractivity contribution in [3.63, 3.8) is 0 Å². The predicted octanol–water partition coefficient (Wildman–Crippen LogP) is 2.99. The fraction of sp³-hybridized carbons (Fsp3) is 0.357. The highest BCUT2D eigenvalue weighted by atomic mass is 35.5. The van der Waals surface area contributed by atoms with Gasteiger partial charge in [-0.25, -0.2) is 4.79 Å². The Kier molecular flexibility index (Phi) is 5.16. The molecule has 0 bridgehead atoms. The van der Waals surface area contributed by atoms with E-state index in [2.05, 4.69) is 20.8 Å². The molecule has 0 saturated carbocycles. The summed E-state index contributed by atoms with van der Waals surface area (Å²) >= 11 is 5.91. The van der Waals surface area contributed by atoms with Crippen molar-refractivity contribution in [1.29, 1.82) is 0 Å². The van der Waals surface area contributed by atoms with Gasteiger partial charge in [0.2, 0.25) is 11.7 Å². The van der Waals surface area contributed by atoms with Crippen molar-refractivity contribution in [3.8, 4) is 11.4 Å². The number of aromatic nitrogens is 2. The summed E-state index contributed by atoms with van der Waals surface area (Å²) in [7, 11) is 0. The van der Waals surface area contributed by atoms with E-state index in [-0.39, 0.29) is 18.6 Å². The molecule has 2 aromatic rings. The Labute approximate surface area is 127 Å². The number of carbonyl (C=O) groups excluding carboxylic acids is 1. The van der Waals surface area contributed by atoms with E-state index in [0.717, 1.165) is 12.0 Å². The van der Waals surface area contributed by atoms with Gasteiger partial charge in [0.25, 0.3) is 0 Å². The number of benzene rings is 1. The van der Waals surface area contributed by atoms with Crippen LogP contribution in [0.15, 0.2) is 28.8 Å². The first-order valence-electron chi connectivity index (χ1n) is 6.71. The van der Waals surface area contributed by atoms with Gasteiger partial charge in [-0.3, -0.25) is 0 Å². The van der Waals surface area contributed by atoms with Gasteiger partial charge in [0.15, 0.2) is 0 Å². The molecule has 0 aliphatic heterocycles. The van der Waals surface area contributed by atoms with Crippen molar-refractivity contribution in [2.75, 3.05) is 0 Å². The summed E-state index contributed by atoms with van der Waals surface area (Å²) in [4.78, 5) is 15.8. The topological polar surface area (TPSA) is 80.0 Å². The Balaban J connectivity index is 1.93. The second kappa shape index (κ2) is 7.08. The maximum Gasteiger partial charge on any atom is 0.315 e. The predicted molar refractivity (Wildman–Crippen MR) is 79.9 cm³/mol. The summed E-state index contributed by atoms with van der Waals surface area (Å²) in [5.41, 5.74) is 0.765. The maximum absolute atomic E-state index is 11.6. The van der Waals surface area contributed by atoms with E-state index in [4.69, 9.17) is 16.1 Å². The van der Waals surface area contributed by atoms with Crippen LogP contribution in [0.3, 0.4) is 0 Å². The highest BCUT2D eigenvalue weighted by molar-refractivity contribution is 6.30. The summed E-state index contributed by atoms with van der Waals surface area (Å²) in [6, 6.07) is 7.03. The first kappa shape index (κ1) is 15.3. The fourth-order valence-electron chi connectivity index (χ4n) is 1.60. The SMILES string of the molecule is CCC(C)NC(=O)NCc1nc(-c2cccc(Cl)c2)no1. The van der Waals surface area contributed by atoms with Crippen LogP contribution in [0.1, 0.15) is 26.2 Å². The van der Waals surface area contributed by atoms with Gasteiger partial charge in [-0.1, -0.05) is 35.8 Å². The Bertz CT molecular complexity index is 615. The van der Waals surface area contributed by atoms with E-state index in [9.17, 15) is 4.79 Å². The highest BCUT2D eigenvalue weighted by Crippen LogP contribution is 2.19. The zero-order valence-electron chi connectivity index (χ0n) is 11.9. The van der Waals surface area contributed by atoms with Crippen LogP contribution in [0.5, 0.6) is 0 Å². The molecule has 1 aromatic heterocycles. The lowest BCUT2D eigenvalue weighted by molar-refractivity contribution is 0.235. The van der Waals surface area contributed by atoms with Crippen LogP contribution >= 0.6 is 11.6 Å². The molecule has 112 valence electrons. The third-order valence-corrected chi connectivity index (χ3v) is 3.18. The van der Waals surface area contributed by atoms with Gasteiger partial charge < -0.3 is 15.2 Å². The quantitative estimate of drug-likeness (QED) is 0.890.